The van der Waals surface area contributed by atoms with E-state index < -0.39 is 21.4 Å². The van der Waals surface area contributed by atoms with Crippen LogP contribution in [0.2, 0.25) is 0 Å². The van der Waals surface area contributed by atoms with E-state index in [1.165, 1.54) is 30.4 Å². The molecule has 0 amide bonds. The van der Waals surface area contributed by atoms with Gasteiger partial charge in [0.15, 0.2) is 0 Å². The molecule has 0 spiro atoms. The van der Waals surface area contributed by atoms with Gasteiger partial charge in [-0.05, 0) is 35.4 Å². The third kappa shape index (κ3) is 7.58. The summed E-state index contributed by atoms with van der Waals surface area (Å²) in [6.07, 6.45) is 0. The summed E-state index contributed by atoms with van der Waals surface area (Å²) in [7, 11) is -4.25. The SMILES string of the molecule is COc1ccc(OS(=O)(=O)C(F)(F)F)cc1.I.c1ccc(-c2ccccc2)cc1. The van der Waals surface area contributed by atoms with E-state index in [2.05, 4.69) is 52.7 Å². The topological polar surface area (TPSA) is 52.6 Å². The number of rotatable bonds is 4. The summed E-state index contributed by atoms with van der Waals surface area (Å²) in [5.74, 6) is -0.0603. The van der Waals surface area contributed by atoms with Gasteiger partial charge in [-0.25, -0.2) is 0 Å². The molecule has 3 aromatic carbocycles. The normalized spacial score (nSPS) is 10.8. The molecule has 4 nitrogen and oxygen atoms in total. The first-order chi connectivity index (χ1) is 13.2. The Hall–Kier alpha value is -2.27. The highest BCUT2D eigenvalue weighted by Gasteiger charge is 2.48. The molecule has 0 bridgehead atoms. The van der Waals surface area contributed by atoms with E-state index in [4.69, 9.17) is 4.74 Å². The molecule has 0 unspecified atom stereocenters. The maximum absolute atomic E-state index is 11.9. The smallest absolute Gasteiger partial charge is 0.497 e. The van der Waals surface area contributed by atoms with Crippen molar-refractivity contribution in [2.24, 2.45) is 0 Å². The fourth-order valence-electron chi connectivity index (χ4n) is 2.07. The highest BCUT2D eigenvalue weighted by atomic mass is 127. The van der Waals surface area contributed by atoms with Crippen molar-refractivity contribution in [3.8, 4) is 22.6 Å². The first kappa shape index (κ1) is 24.8. The third-order valence-corrected chi connectivity index (χ3v) is 4.41. The lowest BCUT2D eigenvalue weighted by Gasteiger charge is -2.09. The zero-order chi connectivity index (χ0) is 20.6. The molecule has 0 saturated heterocycles. The Morgan fingerprint density at radius 1 is 0.690 bits per heavy atom. The molecule has 0 fully saturated rings. The minimum atomic E-state index is -5.61. The van der Waals surface area contributed by atoms with Gasteiger partial charge in [0.25, 0.3) is 0 Å². The maximum atomic E-state index is 11.9. The zero-order valence-corrected chi connectivity index (χ0v) is 18.3. The average molecular weight is 538 g/mol. The van der Waals surface area contributed by atoms with E-state index in [9.17, 15) is 21.6 Å². The Kier molecular flexibility index (Phi) is 9.44. The van der Waals surface area contributed by atoms with Gasteiger partial charge in [-0.1, -0.05) is 60.7 Å². The van der Waals surface area contributed by atoms with Crippen LogP contribution >= 0.6 is 24.0 Å². The summed E-state index contributed by atoms with van der Waals surface area (Å²) >= 11 is 0. The van der Waals surface area contributed by atoms with Crippen molar-refractivity contribution in [2.75, 3.05) is 7.11 Å². The second-order valence-electron chi connectivity index (χ2n) is 5.39. The molecule has 0 aliphatic heterocycles. The van der Waals surface area contributed by atoms with Crippen LogP contribution in [0, 0.1) is 0 Å². The second-order valence-corrected chi connectivity index (χ2v) is 6.93. The molecule has 3 rings (SSSR count). The monoisotopic (exact) mass is 538 g/mol. The van der Waals surface area contributed by atoms with Crippen molar-refractivity contribution in [2.45, 2.75) is 5.51 Å². The minimum Gasteiger partial charge on any atom is -0.497 e. The van der Waals surface area contributed by atoms with Gasteiger partial charge >= 0.3 is 15.6 Å². The summed E-state index contributed by atoms with van der Waals surface area (Å²) in [5.41, 5.74) is -2.89. The Balaban J connectivity index is 0.000000289. The van der Waals surface area contributed by atoms with Crippen LogP contribution in [0.5, 0.6) is 11.5 Å². The molecule has 9 heteroatoms. The number of hydrogen-bond donors (Lipinski definition) is 0. The number of hydrogen-bond acceptors (Lipinski definition) is 4. The second kappa shape index (κ2) is 11.1. The molecule has 0 aliphatic carbocycles. The molecule has 3 aromatic rings. The van der Waals surface area contributed by atoms with Gasteiger partial charge in [-0.15, -0.1) is 24.0 Å². The first-order valence-electron chi connectivity index (χ1n) is 7.98. The molecular weight excluding hydrogens is 520 g/mol. The molecular formula is C20H18F3IO4S. The molecule has 156 valence electrons. The highest BCUT2D eigenvalue weighted by Crippen LogP contribution is 2.27. The van der Waals surface area contributed by atoms with E-state index in [1.54, 1.807) is 0 Å². The van der Waals surface area contributed by atoms with Crippen LogP contribution in [0.1, 0.15) is 0 Å². The third-order valence-electron chi connectivity index (χ3n) is 3.43. The fourth-order valence-corrected chi connectivity index (χ4v) is 2.53. The fraction of sp³-hybridized carbons (Fsp3) is 0.100. The number of alkyl halides is 3. The van der Waals surface area contributed by atoms with Crippen molar-refractivity contribution < 1.29 is 30.5 Å². The first-order valence-corrected chi connectivity index (χ1v) is 9.39. The summed E-state index contributed by atoms with van der Waals surface area (Å²) in [6.45, 7) is 0. The van der Waals surface area contributed by atoms with Crippen molar-refractivity contribution in [1.29, 1.82) is 0 Å². The highest BCUT2D eigenvalue weighted by molar-refractivity contribution is 14.0. The van der Waals surface area contributed by atoms with Gasteiger partial charge in [0.2, 0.25) is 0 Å². The van der Waals surface area contributed by atoms with E-state index in [0.717, 1.165) is 12.1 Å². The van der Waals surface area contributed by atoms with Gasteiger partial charge in [-0.3, -0.25) is 0 Å². The number of ether oxygens (including phenoxy) is 1. The lowest BCUT2D eigenvalue weighted by atomic mass is 10.1. The Morgan fingerprint density at radius 3 is 1.41 bits per heavy atom. The van der Waals surface area contributed by atoms with Crippen LogP contribution in [0.15, 0.2) is 84.9 Å². The largest absolute Gasteiger partial charge is 0.534 e. The van der Waals surface area contributed by atoms with E-state index in [-0.39, 0.29) is 24.0 Å². The van der Waals surface area contributed by atoms with E-state index in [1.807, 2.05) is 12.1 Å². The predicted molar refractivity (Wildman–Crippen MR) is 116 cm³/mol. The Labute approximate surface area is 184 Å². The van der Waals surface area contributed by atoms with Crippen LogP contribution in [0.25, 0.3) is 11.1 Å². The molecule has 29 heavy (non-hydrogen) atoms. The van der Waals surface area contributed by atoms with Crippen LogP contribution in [-0.4, -0.2) is 21.0 Å². The number of halogens is 4. The standard InChI is InChI=1S/C12H10.C8H7F3O4S.HI/c1-3-7-11(8-4-1)12-9-5-2-6-10-12;1-14-6-2-4-7(5-3-6)15-16(12,13)8(9,10)11;/h1-10H;2-5H,1H3;1H. The van der Waals surface area contributed by atoms with E-state index in [0.29, 0.717) is 5.75 Å². The number of benzene rings is 3. The number of methoxy groups -OCH3 is 1. The van der Waals surface area contributed by atoms with Crippen molar-refractivity contribution in [1.82, 2.24) is 0 Å². The van der Waals surface area contributed by atoms with Gasteiger partial charge < -0.3 is 8.92 Å². The van der Waals surface area contributed by atoms with Crippen LogP contribution < -0.4 is 8.92 Å². The Morgan fingerprint density at radius 2 is 1.07 bits per heavy atom. The maximum Gasteiger partial charge on any atom is 0.534 e. The summed E-state index contributed by atoms with van der Waals surface area (Å²) in [5, 5.41) is 0. The van der Waals surface area contributed by atoms with Crippen molar-refractivity contribution >= 4 is 34.1 Å². The molecule has 0 atom stereocenters. The van der Waals surface area contributed by atoms with Gasteiger partial charge in [0.1, 0.15) is 11.5 Å². The van der Waals surface area contributed by atoms with Gasteiger partial charge in [0.05, 0.1) is 7.11 Å². The van der Waals surface area contributed by atoms with E-state index >= 15 is 0 Å². The Bertz CT molecular complexity index is 925. The molecule has 0 saturated carbocycles. The summed E-state index contributed by atoms with van der Waals surface area (Å²) in [6, 6.07) is 25.5. The molecule has 0 aliphatic rings. The molecule has 0 aromatic heterocycles. The van der Waals surface area contributed by atoms with Crippen LogP contribution in [0.4, 0.5) is 13.2 Å². The van der Waals surface area contributed by atoms with Crippen molar-refractivity contribution in [3.63, 3.8) is 0 Å². The molecule has 0 heterocycles. The lowest BCUT2D eigenvalue weighted by molar-refractivity contribution is -0.0500. The average Bonchev–Trinajstić information content (AvgIpc) is 2.69. The summed E-state index contributed by atoms with van der Waals surface area (Å²) < 4.78 is 65.6. The quantitative estimate of drug-likeness (QED) is 0.236. The lowest BCUT2D eigenvalue weighted by Crippen LogP contribution is -2.27. The predicted octanol–water partition coefficient (Wildman–Crippen LogP) is 5.90. The van der Waals surface area contributed by atoms with Gasteiger partial charge in [0, 0.05) is 0 Å². The van der Waals surface area contributed by atoms with Crippen molar-refractivity contribution in [3.05, 3.63) is 84.9 Å². The van der Waals surface area contributed by atoms with Crippen LogP contribution in [0.3, 0.4) is 0 Å². The zero-order valence-electron chi connectivity index (χ0n) is 15.2. The van der Waals surface area contributed by atoms with Crippen LogP contribution in [-0.2, 0) is 10.1 Å². The molecule has 0 radical (unpaired) electrons. The minimum absolute atomic E-state index is 0. The van der Waals surface area contributed by atoms with Gasteiger partial charge in [-0.2, -0.15) is 21.6 Å². The molecule has 0 N–H and O–H groups in total. The summed E-state index contributed by atoms with van der Waals surface area (Å²) in [4.78, 5) is 0.